The SMILES string of the molecule is CC(=O)c1cnc2ccc(-c3cc(Cl)c(O)c(Cl)c3)cc2c1Nc1cccc(CCN2CCCC2)c1. The van der Waals surface area contributed by atoms with Gasteiger partial charge in [0.25, 0.3) is 0 Å². The maximum Gasteiger partial charge on any atom is 0.163 e. The highest BCUT2D eigenvalue weighted by Gasteiger charge is 2.16. The summed E-state index contributed by atoms with van der Waals surface area (Å²) in [5.41, 5.74) is 5.76. The Hall–Kier alpha value is -3.12. The summed E-state index contributed by atoms with van der Waals surface area (Å²) < 4.78 is 0. The van der Waals surface area contributed by atoms with Crippen molar-refractivity contribution in [3.05, 3.63) is 82.0 Å². The summed E-state index contributed by atoms with van der Waals surface area (Å²) in [5, 5.41) is 14.6. The molecule has 1 aromatic heterocycles. The number of carbonyl (C=O) groups is 1. The molecule has 3 aromatic carbocycles. The lowest BCUT2D eigenvalue weighted by Gasteiger charge is -2.17. The molecule has 36 heavy (non-hydrogen) atoms. The number of nitrogens with one attached hydrogen (secondary N) is 1. The second-order valence-corrected chi connectivity index (χ2v) is 10.1. The molecule has 2 N–H and O–H groups in total. The van der Waals surface area contributed by atoms with Gasteiger partial charge < -0.3 is 15.3 Å². The number of benzene rings is 3. The van der Waals surface area contributed by atoms with Crippen molar-refractivity contribution in [3.8, 4) is 16.9 Å². The van der Waals surface area contributed by atoms with Crippen LogP contribution in [0, 0.1) is 0 Å². The summed E-state index contributed by atoms with van der Waals surface area (Å²) >= 11 is 12.3. The Labute approximate surface area is 220 Å². The van der Waals surface area contributed by atoms with E-state index in [2.05, 4.69) is 27.3 Å². The highest BCUT2D eigenvalue weighted by Crippen LogP contribution is 2.38. The molecule has 0 spiro atoms. The van der Waals surface area contributed by atoms with E-state index in [-0.39, 0.29) is 21.6 Å². The molecule has 5 nitrogen and oxygen atoms in total. The fourth-order valence-corrected chi connectivity index (χ4v) is 5.24. The Morgan fingerprint density at radius 1 is 1.03 bits per heavy atom. The summed E-state index contributed by atoms with van der Waals surface area (Å²) in [7, 11) is 0. The van der Waals surface area contributed by atoms with Crippen LogP contribution in [0.15, 0.2) is 60.8 Å². The van der Waals surface area contributed by atoms with Gasteiger partial charge in [-0.2, -0.15) is 0 Å². The number of Topliss-reactive ketones (excluding diaryl/α,β-unsaturated/α-hetero) is 1. The van der Waals surface area contributed by atoms with Gasteiger partial charge in [0.1, 0.15) is 0 Å². The molecule has 0 bridgehead atoms. The van der Waals surface area contributed by atoms with Gasteiger partial charge in [-0.1, -0.05) is 41.4 Å². The van der Waals surface area contributed by atoms with Gasteiger partial charge >= 0.3 is 0 Å². The first kappa shape index (κ1) is 24.6. The quantitative estimate of drug-likeness (QED) is 0.247. The van der Waals surface area contributed by atoms with E-state index in [9.17, 15) is 9.90 Å². The molecule has 5 rings (SSSR count). The zero-order chi connectivity index (χ0) is 25.2. The normalized spacial score (nSPS) is 13.9. The van der Waals surface area contributed by atoms with E-state index in [4.69, 9.17) is 23.2 Å². The van der Waals surface area contributed by atoms with Crippen LogP contribution in [0.3, 0.4) is 0 Å². The van der Waals surface area contributed by atoms with Gasteiger partial charge in [-0.3, -0.25) is 9.78 Å². The van der Waals surface area contributed by atoms with E-state index in [1.807, 2.05) is 30.3 Å². The Kier molecular flexibility index (Phi) is 7.15. The number of likely N-dealkylation sites (tertiary alicyclic amines) is 1. The zero-order valence-electron chi connectivity index (χ0n) is 20.0. The molecule has 0 unspecified atom stereocenters. The van der Waals surface area contributed by atoms with Gasteiger partial charge in [0.2, 0.25) is 0 Å². The average molecular weight is 520 g/mol. The van der Waals surface area contributed by atoms with Crippen molar-refractivity contribution >= 4 is 51.3 Å². The van der Waals surface area contributed by atoms with Gasteiger partial charge in [0.05, 0.1) is 26.8 Å². The second kappa shape index (κ2) is 10.5. The van der Waals surface area contributed by atoms with Gasteiger partial charge in [0, 0.05) is 23.8 Å². The third-order valence-corrected chi connectivity index (χ3v) is 7.29. The minimum Gasteiger partial charge on any atom is -0.505 e. The number of nitrogens with zero attached hydrogens (tertiary/aromatic N) is 2. The number of rotatable bonds is 7. The van der Waals surface area contributed by atoms with Crippen LogP contribution in [0.2, 0.25) is 10.0 Å². The van der Waals surface area contributed by atoms with E-state index in [0.717, 1.165) is 40.7 Å². The molecule has 184 valence electrons. The lowest BCUT2D eigenvalue weighted by Crippen LogP contribution is -2.21. The molecule has 0 atom stereocenters. The fraction of sp³-hybridized carbons (Fsp3) is 0.241. The van der Waals surface area contributed by atoms with Crippen LogP contribution in [-0.2, 0) is 6.42 Å². The summed E-state index contributed by atoms with van der Waals surface area (Å²) in [6.07, 6.45) is 5.18. The van der Waals surface area contributed by atoms with Crippen molar-refractivity contribution < 1.29 is 9.90 Å². The maximum absolute atomic E-state index is 12.6. The summed E-state index contributed by atoms with van der Waals surface area (Å²) in [6, 6.07) is 17.5. The number of aromatic hydroxyl groups is 1. The average Bonchev–Trinajstić information content (AvgIpc) is 3.39. The molecule has 4 aromatic rings. The Bertz CT molecular complexity index is 1430. The van der Waals surface area contributed by atoms with Gasteiger partial charge in [-0.15, -0.1) is 0 Å². The number of hydrogen-bond acceptors (Lipinski definition) is 5. The van der Waals surface area contributed by atoms with E-state index >= 15 is 0 Å². The largest absolute Gasteiger partial charge is 0.505 e. The van der Waals surface area contributed by atoms with Crippen LogP contribution in [0.5, 0.6) is 5.75 Å². The molecule has 0 radical (unpaired) electrons. The molecule has 0 aliphatic carbocycles. The van der Waals surface area contributed by atoms with E-state index in [1.165, 1.54) is 31.5 Å². The van der Waals surface area contributed by atoms with E-state index < -0.39 is 0 Å². The van der Waals surface area contributed by atoms with Crippen molar-refractivity contribution in [2.45, 2.75) is 26.2 Å². The van der Waals surface area contributed by atoms with Crippen LogP contribution in [-0.4, -0.2) is 40.4 Å². The van der Waals surface area contributed by atoms with Crippen LogP contribution in [0.4, 0.5) is 11.4 Å². The fourth-order valence-electron chi connectivity index (χ4n) is 4.75. The van der Waals surface area contributed by atoms with E-state index in [1.54, 1.807) is 25.3 Å². The topological polar surface area (TPSA) is 65.5 Å². The number of carbonyl (C=O) groups excluding carboxylic acids is 1. The first-order chi connectivity index (χ1) is 17.4. The molecule has 2 heterocycles. The lowest BCUT2D eigenvalue weighted by atomic mass is 10.00. The van der Waals surface area contributed by atoms with Crippen molar-refractivity contribution in [2.24, 2.45) is 0 Å². The number of phenolic OH excluding ortho intramolecular Hbond substituents is 1. The first-order valence-corrected chi connectivity index (χ1v) is 12.8. The van der Waals surface area contributed by atoms with Gasteiger partial charge in [0.15, 0.2) is 11.5 Å². The smallest absolute Gasteiger partial charge is 0.163 e. The molecule has 1 fully saturated rings. The highest BCUT2D eigenvalue weighted by molar-refractivity contribution is 6.37. The summed E-state index contributed by atoms with van der Waals surface area (Å²) in [4.78, 5) is 19.6. The lowest BCUT2D eigenvalue weighted by molar-refractivity contribution is 0.101. The van der Waals surface area contributed by atoms with E-state index in [0.29, 0.717) is 11.3 Å². The number of pyridine rings is 1. The van der Waals surface area contributed by atoms with Crippen molar-refractivity contribution in [1.29, 1.82) is 0 Å². The van der Waals surface area contributed by atoms with Gasteiger partial charge in [-0.05, 0) is 92.4 Å². The molecule has 0 saturated carbocycles. The highest BCUT2D eigenvalue weighted by atomic mass is 35.5. The Balaban J connectivity index is 1.53. The van der Waals surface area contributed by atoms with Crippen LogP contribution in [0.1, 0.15) is 35.7 Å². The third kappa shape index (κ3) is 5.19. The minimum atomic E-state index is -0.143. The monoisotopic (exact) mass is 519 g/mol. The number of hydrogen-bond donors (Lipinski definition) is 2. The van der Waals surface area contributed by atoms with Crippen LogP contribution >= 0.6 is 23.2 Å². The minimum absolute atomic E-state index is 0.0711. The van der Waals surface area contributed by atoms with Crippen molar-refractivity contribution in [3.63, 3.8) is 0 Å². The zero-order valence-corrected chi connectivity index (χ0v) is 21.5. The number of aromatic nitrogens is 1. The Morgan fingerprint density at radius 2 is 1.78 bits per heavy atom. The molecule has 1 saturated heterocycles. The first-order valence-electron chi connectivity index (χ1n) is 12.1. The number of fused-ring (bicyclic) bond motifs is 1. The third-order valence-electron chi connectivity index (χ3n) is 6.71. The van der Waals surface area contributed by atoms with Crippen LogP contribution < -0.4 is 5.32 Å². The number of halogens is 2. The van der Waals surface area contributed by atoms with Gasteiger partial charge in [-0.25, -0.2) is 0 Å². The maximum atomic E-state index is 12.6. The molecular weight excluding hydrogens is 493 g/mol. The van der Waals surface area contributed by atoms with Crippen LogP contribution in [0.25, 0.3) is 22.0 Å². The molecule has 1 aliphatic rings. The predicted octanol–water partition coefficient (Wildman–Crippen LogP) is 7.50. The van der Waals surface area contributed by atoms with Crippen molar-refractivity contribution in [2.75, 3.05) is 25.0 Å². The molecular formula is C29H27Cl2N3O2. The number of anilines is 2. The molecule has 7 heteroatoms. The number of phenols is 1. The Morgan fingerprint density at radius 3 is 2.50 bits per heavy atom. The number of ketones is 1. The molecule has 0 amide bonds. The second-order valence-electron chi connectivity index (χ2n) is 9.25. The van der Waals surface area contributed by atoms with Crippen molar-refractivity contribution in [1.82, 2.24) is 9.88 Å². The summed E-state index contributed by atoms with van der Waals surface area (Å²) in [5.74, 6) is -0.214. The summed E-state index contributed by atoms with van der Waals surface area (Å²) in [6.45, 7) is 4.97. The molecule has 1 aliphatic heterocycles. The predicted molar refractivity (Wildman–Crippen MR) is 148 cm³/mol. The standard InChI is InChI=1S/C29H27Cl2N3O2/c1-18(35)24-17-32-27-8-7-20(21-15-25(30)29(36)26(31)16-21)14-23(27)28(24)33-22-6-4-5-19(13-22)9-12-34-10-2-3-11-34/h4-8,13-17,36H,2-3,9-12H2,1H3,(H,32,33).